The van der Waals surface area contributed by atoms with E-state index in [1.54, 1.807) is 30.6 Å². The Morgan fingerprint density at radius 1 is 0.923 bits per heavy atom. The quantitative estimate of drug-likeness (QED) is 0.436. The first-order valence-electron chi connectivity index (χ1n) is 7.74. The minimum Gasteiger partial charge on any atom is -0.267 e. The Hall–Kier alpha value is -3.87. The summed E-state index contributed by atoms with van der Waals surface area (Å²) in [5.41, 5.74) is 4.17. The van der Waals surface area contributed by atoms with Crippen molar-refractivity contribution in [3.05, 3.63) is 106 Å². The van der Waals surface area contributed by atoms with Gasteiger partial charge in [-0.2, -0.15) is 5.10 Å². The number of rotatable bonds is 5. The van der Waals surface area contributed by atoms with Crippen molar-refractivity contribution < 1.29 is 9.72 Å². The first-order valence-corrected chi connectivity index (χ1v) is 7.74. The number of pyridine rings is 1. The lowest BCUT2D eigenvalue weighted by atomic mass is 10.0. The molecule has 26 heavy (non-hydrogen) atoms. The van der Waals surface area contributed by atoms with Crippen LogP contribution in [-0.4, -0.2) is 21.5 Å². The van der Waals surface area contributed by atoms with Gasteiger partial charge in [-0.1, -0.05) is 42.5 Å². The zero-order valence-electron chi connectivity index (χ0n) is 13.6. The fraction of sp³-hybridized carbons (Fsp3) is 0. The van der Waals surface area contributed by atoms with Gasteiger partial charge in [0.1, 0.15) is 5.56 Å². The normalized spacial score (nSPS) is 11.0. The molecule has 1 aromatic heterocycles. The summed E-state index contributed by atoms with van der Waals surface area (Å²) in [6.45, 7) is 0. The number of nitrogens with zero attached hydrogens (tertiary/aromatic N) is 3. The molecule has 0 aliphatic carbocycles. The molecule has 0 atom stereocenters. The van der Waals surface area contributed by atoms with Gasteiger partial charge >= 0.3 is 0 Å². The number of carbonyl (C=O) groups excluding carboxylic acids is 1. The van der Waals surface area contributed by atoms with Gasteiger partial charge in [-0.15, -0.1) is 0 Å². The number of amides is 1. The number of nitro benzene ring substituents is 1. The molecule has 2 aromatic carbocycles. The molecule has 0 fully saturated rings. The molecule has 0 bridgehead atoms. The van der Waals surface area contributed by atoms with Crippen molar-refractivity contribution in [1.29, 1.82) is 0 Å². The van der Waals surface area contributed by atoms with Crippen LogP contribution in [0.1, 0.15) is 21.5 Å². The third-order valence-electron chi connectivity index (χ3n) is 3.62. The highest BCUT2D eigenvalue weighted by Gasteiger charge is 2.19. The maximum Gasteiger partial charge on any atom is 0.282 e. The number of hydrogen-bond donors (Lipinski definition) is 1. The molecular weight excluding hydrogens is 332 g/mol. The molecule has 0 aliphatic rings. The molecule has 0 saturated heterocycles. The summed E-state index contributed by atoms with van der Waals surface area (Å²) in [5.74, 6) is -0.653. The van der Waals surface area contributed by atoms with E-state index in [-0.39, 0.29) is 11.3 Å². The molecule has 0 radical (unpaired) electrons. The van der Waals surface area contributed by atoms with E-state index in [2.05, 4.69) is 15.5 Å². The standard InChI is InChI=1S/C19H14N4O3/c24-19(16-8-4-5-9-17(16)23(25)26)22-21-18(14-6-2-1-3-7-14)15-10-12-20-13-11-15/h1-13H,(H,22,24)/b21-18+. The van der Waals surface area contributed by atoms with Crippen LogP contribution in [0, 0.1) is 10.1 Å². The molecule has 7 nitrogen and oxygen atoms in total. The fourth-order valence-corrected chi connectivity index (χ4v) is 2.39. The maximum atomic E-state index is 12.4. The average molecular weight is 346 g/mol. The van der Waals surface area contributed by atoms with E-state index in [0.717, 1.165) is 11.1 Å². The number of nitrogens with one attached hydrogen (secondary N) is 1. The van der Waals surface area contributed by atoms with Crippen LogP contribution >= 0.6 is 0 Å². The summed E-state index contributed by atoms with van der Waals surface area (Å²) < 4.78 is 0. The van der Waals surface area contributed by atoms with Crippen LogP contribution in [0.5, 0.6) is 0 Å². The molecule has 0 spiro atoms. The predicted molar refractivity (Wildman–Crippen MR) is 96.9 cm³/mol. The molecule has 1 amide bonds. The summed E-state index contributed by atoms with van der Waals surface area (Å²) >= 11 is 0. The number of carbonyl (C=O) groups is 1. The Morgan fingerprint density at radius 3 is 2.23 bits per heavy atom. The minimum atomic E-state index is -0.653. The van der Waals surface area contributed by atoms with Crippen LogP contribution in [0.4, 0.5) is 5.69 Å². The van der Waals surface area contributed by atoms with E-state index < -0.39 is 10.8 Å². The van der Waals surface area contributed by atoms with Crippen molar-refractivity contribution in [2.24, 2.45) is 5.10 Å². The lowest BCUT2D eigenvalue weighted by molar-refractivity contribution is -0.385. The summed E-state index contributed by atoms with van der Waals surface area (Å²) in [5, 5.41) is 15.3. The van der Waals surface area contributed by atoms with E-state index in [9.17, 15) is 14.9 Å². The van der Waals surface area contributed by atoms with Crippen molar-refractivity contribution in [2.75, 3.05) is 0 Å². The van der Waals surface area contributed by atoms with Gasteiger partial charge < -0.3 is 0 Å². The van der Waals surface area contributed by atoms with Crippen LogP contribution in [-0.2, 0) is 0 Å². The van der Waals surface area contributed by atoms with E-state index in [1.807, 2.05) is 30.3 Å². The van der Waals surface area contributed by atoms with Crippen LogP contribution in [0.3, 0.4) is 0 Å². The first-order chi connectivity index (χ1) is 12.7. The fourth-order valence-electron chi connectivity index (χ4n) is 2.39. The number of aromatic nitrogens is 1. The zero-order valence-corrected chi connectivity index (χ0v) is 13.6. The van der Waals surface area contributed by atoms with Gasteiger partial charge in [0.05, 0.1) is 10.6 Å². The zero-order chi connectivity index (χ0) is 18.4. The van der Waals surface area contributed by atoms with Crippen LogP contribution in [0.15, 0.2) is 84.2 Å². The van der Waals surface area contributed by atoms with E-state index in [1.165, 1.54) is 18.2 Å². The van der Waals surface area contributed by atoms with Crippen molar-refractivity contribution in [1.82, 2.24) is 10.4 Å². The van der Waals surface area contributed by atoms with Gasteiger partial charge in [-0.25, -0.2) is 5.43 Å². The third-order valence-corrected chi connectivity index (χ3v) is 3.62. The van der Waals surface area contributed by atoms with Crippen molar-refractivity contribution in [3.8, 4) is 0 Å². The number of nitro groups is 1. The highest BCUT2D eigenvalue weighted by molar-refractivity contribution is 6.13. The SMILES string of the molecule is O=C(N/N=C(\c1ccccc1)c1ccncc1)c1ccccc1[N+](=O)[O-]. The maximum absolute atomic E-state index is 12.4. The molecular formula is C19H14N4O3. The van der Waals surface area contributed by atoms with Crippen LogP contribution < -0.4 is 5.43 Å². The summed E-state index contributed by atoms with van der Waals surface area (Å²) in [6.07, 6.45) is 3.25. The second-order valence-corrected chi connectivity index (χ2v) is 5.28. The molecule has 1 heterocycles. The van der Waals surface area contributed by atoms with Crippen LogP contribution in [0.2, 0.25) is 0 Å². The van der Waals surface area contributed by atoms with Gasteiger partial charge in [0.15, 0.2) is 0 Å². The molecule has 3 rings (SSSR count). The Bertz CT molecular complexity index is 915. The lowest BCUT2D eigenvalue weighted by Crippen LogP contribution is -2.21. The number of para-hydroxylation sites is 1. The molecule has 128 valence electrons. The minimum absolute atomic E-state index is 0.0524. The molecule has 0 aliphatic heterocycles. The van der Waals surface area contributed by atoms with E-state index >= 15 is 0 Å². The summed E-state index contributed by atoms with van der Waals surface area (Å²) in [4.78, 5) is 26.9. The highest BCUT2D eigenvalue weighted by Crippen LogP contribution is 2.17. The summed E-state index contributed by atoms with van der Waals surface area (Å²) in [7, 11) is 0. The number of benzene rings is 2. The Kier molecular flexibility index (Phi) is 5.09. The lowest BCUT2D eigenvalue weighted by Gasteiger charge is -2.08. The smallest absolute Gasteiger partial charge is 0.267 e. The molecule has 0 saturated carbocycles. The first kappa shape index (κ1) is 17.0. The highest BCUT2D eigenvalue weighted by atomic mass is 16.6. The second kappa shape index (κ2) is 7.80. The third kappa shape index (κ3) is 3.78. The molecule has 3 aromatic rings. The van der Waals surface area contributed by atoms with Gasteiger partial charge in [-0.3, -0.25) is 19.9 Å². The molecule has 1 N–H and O–H groups in total. The second-order valence-electron chi connectivity index (χ2n) is 5.28. The van der Waals surface area contributed by atoms with Crippen LogP contribution in [0.25, 0.3) is 0 Å². The predicted octanol–water partition coefficient (Wildman–Crippen LogP) is 3.17. The van der Waals surface area contributed by atoms with Crippen molar-refractivity contribution in [2.45, 2.75) is 0 Å². The van der Waals surface area contributed by atoms with Crippen molar-refractivity contribution >= 4 is 17.3 Å². The molecule has 7 heteroatoms. The topological polar surface area (TPSA) is 97.5 Å². The van der Waals surface area contributed by atoms with Gasteiger partial charge in [-0.05, 0) is 18.2 Å². The number of hydrogen-bond acceptors (Lipinski definition) is 5. The summed E-state index contributed by atoms with van der Waals surface area (Å²) in [6, 6.07) is 18.6. The Balaban J connectivity index is 1.95. The van der Waals surface area contributed by atoms with Gasteiger partial charge in [0.2, 0.25) is 0 Å². The monoisotopic (exact) mass is 346 g/mol. The van der Waals surface area contributed by atoms with Gasteiger partial charge in [0, 0.05) is 29.6 Å². The Morgan fingerprint density at radius 2 is 1.54 bits per heavy atom. The van der Waals surface area contributed by atoms with E-state index in [0.29, 0.717) is 5.71 Å². The van der Waals surface area contributed by atoms with Crippen molar-refractivity contribution in [3.63, 3.8) is 0 Å². The van der Waals surface area contributed by atoms with Gasteiger partial charge in [0.25, 0.3) is 11.6 Å². The Labute approximate surface area is 149 Å². The van der Waals surface area contributed by atoms with E-state index in [4.69, 9.17) is 0 Å². The number of hydrazone groups is 1. The largest absolute Gasteiger partial charge is 0.282 e. The average Bonchev–Trinajstić information content (AvgIpc) is 2.69. The molecule has 0 unspecified atom stereocenters.